The predicted octanol–water partition coefficient (Wildman–Crippen LogP) is 8.36. The fourth-order valence-electron chi connectivity index (χ4n) is 6.27. The number of carboxylic acid groups (broad SMARTS) is 1. The highest BCUT2D eigenvalue weighted by Crippen LogP contribution is 2.45. The molecule has 0 spiro atoms. The van der Waals surface area contributed by atoms with Crippen molar-refractivity contribution in [2.24, 2.45) is 0 Å². The third-order valence-electron chi connectivity index (χ3n) is 8.20. The van der Waals surface area contributed by atoms with E-state index < -0.39 is 17.7 Å². The number of fused-ring (bicyclic) bond motifs is 1. The minimum atomic E-state index is -1.19. The molecule has 1 aliphatic heterocycles. The Kier molecular flexibility index (Phi) is 7.06. The lowest BCUT2D eigenvalue weighted by Gasteiger charge is -2.29. The van der Waals surface area contributed by atoms with E-state index in [4.69, 9.17) is 14.5 Å². The van der Waals surface area contributed by atoms with Crippen molar-refractivity contribution in [3.05, 3.63) is 108 Å². The van der Waals surface area contributed by atoms with Crippen LogP contribution >= 0.6 is 0 Å². The highest BCUT2D eigenvalue weighted by Gasteiger charge is 2.32. The summed E-state index contributed by atoms with van der Waals surface area (Å²) in [5.41, 5.74) is 7.15. The average molecular weight is 596 g/mol. The van der Waals surface area contributed by atoms with Crippen LogP contribution in [0.3, 0.4) is 0 Å². The lowest BCUT2D eigenvalue weighted by Crippen LogP contribution is -2.28. The molecule has 0 fully saturated rings. The molecule has 4 aromatic carbocycles. The minimum absolute atomic E-state index is 0.614. The molecule has 0 saturated carbocycles. The van der Waals surface area contributed by atoms with Gasteiger partial charge in [-0.1, -0.05) is 48.5 Å². The Hall–Kier alpha value is -5.14. The number of rotatable bonds is 6. The van der Waals surface area contributed by atoms with Crippen LogP contribution in [0.2, 0.25) is 0 Å². The van der Waals surface area contributed by atoms with E-state index in [0.29, 0.717) is 18.0 Å². The topological polar surface area (TPSA) is 94.4 Å². The first-order valence-corrected chi connectivity index (χ1v) is 15.1. The molecule has 1 aliphatic rings. The average Bonchev–Trinajstić information content (AvgIpc) is 3.03. The van der Waals surface area contributed by atoms with E-state index in [0.717, 1.165) is 67.2 Å². The van der Waals surface area contributed by atoms with E-state index in [2.05, 4.69) is 22.1 Å². The van der Waals surface area contributed by atoms with Gasteiger partial charge in [0, 0.05) is 52.7 Å². The molecular formula is C38H33N3O4. The lowest BCUT2D eigenvalue weighted by atomic mass is 9.85. The summed E-state index contributed by atoms with van der Waals surface area (Å²) < 4.78 is 12.3. The Bertz CT molecular complexity index is 2070. The second kappa shape index (κ2) is 11.1. The predicted molar refractivity (Wildman–Crippen MR) is 176 cm³/mol. The molecule has 7 heteroatoms. The van der Waals surface area contributed by atoms with Crippen LogP contribution in [0.5, 0.6) is 5.75 Å². The molecule has 0 bridgehead atoms. The van der Waals surface area contributed by atoms with E-state index >= 15 is 0 Å². The highest BCUT2D eigenvalue weighted by molar-refractivity contribution is 6.09. The van der Waals surface area contributed by atoms with E-state index in [1.165, 1.54) is 5.56 Å². The maximum atomic E-state index is 12.9. The summed E-state index contributed by atoms with van der Waals surface area (Å²) in [6, 6.07) is 24.1. The van der Waals surface area contributed by atoms with Crippen molar-refractivity contribution in [3.63, 3.8) is 0 Å². The second-order valence-electron chi connectivity index (χ2n) is 12.4. The van der Waals surface area contributed by atoms with Gasteiger partial charge in [-0.2, -0.15) is 0 Å². The standard InChI is InChI=1S/C38H33N3O4/c1-22-18-26-19-25(27-20-40-36(41-21-27)24-8-6-5-7-9-24)10-11-28(26)33(31(22)35(37(42)43)45-38(2,3)4)29-12-13-30-32-23(15-17-44-30)14-16-39-34(29)32/h5-14,16,18-21,35H,15,17H2,1-4H3,(H,42,43). The number of pyridine rings is 1. The van der Waals surface area contributed by atoms with Gasteiger partial charge in [-0.05, 0) is 85.0 Å². The van der Waals surface area contributed by atoms with Gasteiger partial charge in [0.15, 0.2) is 11.9 Å². The number of ether oxygens (including phenoxy) is 2. The summed E-state index contributed by atoms with van der Waals surface area (Å²) in [7, 11) is 0. The number of carboxylic acids is 1. The number of hydrogen-bond acceptors (Lipinski definition) is 6. The van der Waals surface area contributed by atoms with Crippen molar-refractivity contribution in [2.45, 2.75) is 45.8 Å². The largest absolute Gasteiger partial charge is 0.493 e. The smallest absolute Gasteiger partial charge is 0.337 e. The Morgan fingerprint density at radius 1 is 0.911 bits per heavy atom. The normalized spacial score (nSPS) is 13.5. The van der Waals surface area contributed by atoms with Gasteiger partial charge in [0.1, 0.15) is 5.75 Å². The van der Waals surface area contributed by atoms with E-state index in [1.54, 1.807) is 0 Å². The van der Waals surface area contributed by atoms with Crippen LogP contribution in [-0.4, -0.2) is 38.2 Å². The van der Waals surface area contributed by atoms with Gasteiger partial charge in [0.2, 0.25) is 0 Å². The Labute approximate surface area is 261 Å². The minimum Gasteiger partial charge on any atom is -0.493 e. The number of nitrogens with zero attached hydrogens (tertiary/aromatic N) is 3. The van der Waals surface area contributed by atoms with Gasteiger partial charge in [-0.15, -0.1) is 0 Å². The second-order valence-corrected chi connectivity index (χ2v) is 12.4. The number of hydrogen-bond donors (Lipinski definition) is 1. The number of carbonyl (C=O) groups is 1. The van der Waals surface area contributed by atoms with E-state index in [9.17, 15) is 9.90 Å². The molecule has 2 aromatic heterocycles. The van der Waals surface area contributed by atoms with Crippen LogP contribution in [-0.2, 0) is 16.0 Å². The third-order valence-corrected chi connectivity index (χ3v) is 8.20. The monoisotopic (exact) mass is 595 g/mol. The highest BCUT2D eigenvalue weighted by atomic mass is 16.5. The zero-order valence-corrected chi connectivity index (χ0v) is 25.7. The van der Waals surface area contributed by atoms with Gasteiger partial charge >= 0.3 is 5.97 Å². The number of aryl methyl sites for hydroxylation is 1. The van der Waals surface area contributed by atoms with Gasteiger partial charge in [-0.25, -0.2) is 14.8 Å². The van der Waals surface area contributed by atoms with Gasteiger partial charge < -0.3 is 14.6 Å². The van der Waals surface area contributed by atoms with Crippen molar-refractivity contribution in [2.75, 3.05) is 6.61 Å². The van der Waals surface area contributed by atoms with E-state index in [-0.39, 0.29) is 0 Å². The fraction of sp³-hybridized carbons (Fsp3) is 0.211. The first kappa shape index (κ1) is 28.6. The summed E-state index contributed by atoms with van der Waals surface area (Å²) in [5, 5.41) is 13.4. The number of aliphatic carboxylic acids is 1. The van der Waals surface area contributed by atoms with E-state index in [1.807, 2.05) is 107 Å². The molecule has 0 aliphatic carbocycles. The molecule has 0 amide bonds. The fourth-order valence-corrected chi connectivity index (χ4v) is 6.27. The molecular weight excluding hydrogens is 562 g/mol. The summed E-state index contributed by atoms with van der Waals surface area (Å²) in [4.78, 5) is 27.0. The molecule has 0 radical (unpaired) electrons. The third kappa shape index (κ3) is 5.29. The van der Waals surface area contributed by atoms with Crippen LogP contribution in [0.15, 0.2) is 91.4 Å². The maximum Gasteiger partial charge on any atom is 0.337 e. The molecule has 224 valence electrons. The first-order valence-electron chi connectivity index (χ1n) is 15.1. The Balaban J connectivity index is 1.46. The van der Waals surface area contributed by atoms with Gasteiger partial charge in [0.05, 0.1) is 17.7 Å². The summed E-state index contributed by atoms with van der Waals surface area (Å²) in [6.07, 6.45) is 5.10. The van der Waals surface area contributed by atoms with Crippen molar-refractivity contribution >= 4 is 27.6 Å². The van der Waals surface area contributed by atoms with Crippen molar-refractivity contribution < 1.29 is 19.4 Å². The molecule has 1 N–H and O–H groups in total. The van der Waals surface area contributed by atoms with Crippen molar-refractivity contribution in [1.82, 2.24) is 15.0 Å². The molecule has 7 rings (SSSR count). The molecule has 45 heavy (non-hydrogen) atoms. The Morgan fingerprint density at radius 3 is 2.42 bits per heavy atom. The van der Waals surface area contributed by atoms with Crippen LogP contribution < -0.4 is 4.74 Å². The lowest BCUT2D eigenvalue weighted by molar-refractivity contribution is -0.160. The van der Waals surface area contributed by atoms with Gasteiger partial charge in [0.25, 0.3) is 0 Å². The molecule has 1 atom stereocenters. The maximum absolute atomic E-state index is 12.9. The summed E-state index contributed by atoms with van der Waals surface area (Å²) >= 11 is 0. The summed E-state index contributed by atoms with van der Waals surface area (Å²) in [5.74, 6) is 0.421. The summed E-state index contributed by atoms with van der Waals surface area (Å²) in [6.45, 7) is 8.18. The molecule has 3 heterocycles. The van der Waals surface area contributed by atoms with Crippen molar-refractivity contribution in [3.8, 4) is 39.4 Å². The number of benzene rings is 4. The Morgan fingerprint density at radius 2 is 1.69 bits per heavy atom. The number of aromatic nitrogens is 3. The van der Waals surface area contributed by atoms with Gasteiger partial charge in [-0.3, -0.25) is 4.98 Å². The van der Waals surface area contributed by atoms with Crippen LogP contribution in [0, 0.1) is 6.92 Å². The van der Waals surface area contributed by atoms with Crippen LogP contribution in [0.4, 0.5) is 0 Å². The van der Waals surface area contributed by atoms with Crippen LogP contribution in [0.25, 0.3) is 55.3 Å². The molecule has 6 aromatic rings. The first-order chi connectivity index (χ1) is 21.7. The van der Waals surface area contributed by atoms with Crippen LogP contribution in [0.1, 0.15) is 43.6 Å². The molecule has 0 saturated heterocycles. The SMILES string of the molecule is Cc1cc2cc(-c3cnc(-c4ccccc4)nc3)ccc2c(-c2ccc3c4c(ccnc24)CCO3)c1C(OC(C)(C)C)C(=O)O. The van der Waals surface area contributed by atoms with Crippen molar-refractivity contribution in [1.29, 1.82) is 0 Å². The zero-order valence-electron chi connectivity index (χ0n) is 25.7. The molecule has 1 unspecified atom stereocenters. The quantitative estimate of drug-likeness (QED) is 0.207. The zero-order chi connectivity index (χ0) is 31.3. The molecule has 7 nitrogen and oxygen atoms in total.